The number of nitrogens with two attached hydrogens (primary N) is 1. The van der Waals surface area contributed by atoms with Gasteiger partial charge in [-0.3, -0.25) is 0 Å². The molecule has 0 aromatic heterocycles. The van der Waals surface area contributed by atoms with Gasteiger partial charge in [0, 0.05) is 0 Å². The Labute approximate surface area is 181 Å². The van der Waals surface area contributed by atoms with Crippen LogP contribution in [0.3, 0.4) is 0 Å². The largest absolute Gasteiger partial charge is 0.486 e. The molecule has 0 amide bonds. The molecule has 0 bridgehead atoms. The summed E-state index contributed by atoms with van der Waals surface area (Å²) in [6.45, 7) is 5.74. The summed E-state index contributed by atoms with van der Waals surface area (Å²) in [7, 11) is 0. The zero-order chi connectivity index (χ0) is 18.2. The number of ether oxygens (including phenoxy) is 4. The highest BCUT2D eigenvalue weighted by molar-refractivity contribution is 14.0. The van der Waals surface area contributed by atoms with Gasteiger partial charge in [0.25, 0.3) is 0 Å². The zero-order valence-corrected chi connectivity index (χ0v) is 18.4. The third-order valence-electron chi connectivity index (χ3n) is 3.20. The fourth-order valence-electron chi connectivity index (χ4n) is 2.14. The maximum absolute atomic E-state index is 13.2. The molecule has 27 heavy (non-hydrogen) atoms. The van der Waals surface area contributed by atoms with Crippen molar-refractivity contribution in [2.75, 3.05) is 32.2 Å². The smallest absolute Gasteiger partial charge is 0.199 e. The number of halogens is 3. The fourth-order valence-corrected chi connectivity index (χ4v) is 2.14. The Morgan fingerprint density at radius 2 is 1.30 bits per heavy atom. The Bertz CT molecular complexity index is 722. The molecule has 0 saturated heterocycles. The first kappa shape index (κ1) is 25.4. The molecule has 152 valence electrons. The average Bonchev–Trinajstić information content (AvgIpc) is 2.68. The summed E-state index contributed by atoms with van der Waals surface area (Å²) < 4.78 is 46.4. The molecular weight excluding hydrogens is 491 g/mol. The molecule has 0 fully saturated rings. The monoisotopic (exact) mass is 515 g/mol. The lowest BCUT2D eigenvalue weighted by molar-refractivity contribution is 0.164. The molecule has 0 aliphatic carbocycles. The van der Waals surface area contributed by atoms with E-state index in [1.165, 1.54) is 12.1 Å². The second-order valence-corrected chi connectivity index (χ2v) is 4.76. The Kier molecular flexibility index (Phi) is 11.9. The minimum absolute atomic E-state index is 0. The van der Waals surface area contributed by atoms with Gasteiger partial charge in [-0.05, 0) is 24.3 Å². The van der Waals surface area contributed by atoms with Crippen LogP contribution < -0.4 is 24.7 Å². The SMILES string of the molecule is CC.Fc1cccc2c1OCCO2.I.Nc1ccc2c(c1F)OCCO2.S. The van der Waals surface area contributed by atoms with Gasteiger partial charge in [0.05, 0.1) is 5.69 Å². The normalized spacial score (nSPS) is 12.6. The highest BCUT2D eigenvalue weighted by Gasteiger charge is 2.18. The molecule has 2 N–H and O–H groups in total. The number of fused-ring (bicyclic) bond motifs is 2. The first-order valence-corrected chi connectivity index (χ1v) is 8.04. The van der Waals surface area contributed by atoms with Crippen LogP contribution in [-0.2, 0) is 0 Å². The number of anilines is 1. The number of nitrogen functional groups attached to an aromatic ring is 1. The van der Waals surface area contributed by atoms with Gasteiger partial charge in [-0.2, -0.15) is 13.5 Å². The molecule has 0 saturated carbocycles. The Morgan fingerprint density at radius 3 is 1.89 bits per heavy atom. The van der Waals surface area contributed by atoms with Crippen molar-refractivity contribution in [1.29, 1.82) is 0 Å². The van der Waals surface area contributed by atoms with Gasteiger partial charge >= 0.3 is 0 Å². The topological polar surface area (TPSA) is 62.9 Å². The summed E-state index contributed by atoms with van der Waals surface area (Å²) in [4.78, 5) is 0. The van der Waals surface area contributed by atoms with Crippen LogP contribution in [0.2, 0.25) is 0 Å². The maximum atomic E-state index is 13.2. The van der Waals surface area contributed by atoms with Crippen LogP contribution >= 0.6 is 37.5 Å². The van der Waals surface area contributed by atoms with Gasteiger partial charge in [0.1, 0.15) is 26.4 Å². The molecule has 2 aromatic carbocycles. The molecule has 4 rings (SSSR count). The van der Waals surface area contributed by atoms with E-state index in [1.807, 2.05) is 13.8 Å². The Hall–Kier alpha value is -1.62. The van der Waals surface area contributed by atoms with E-state index in [0.717, 1.165) is 0 Å². The van der Waals surface area contributed by atoms with Crippen LogP contribution in [0.4, 0.5) is 14.5 Å². The molecular formula is C18H24F2INO4S. The van der Waals surface area contributed by atoms with Gasteiger partial charge in [-0.1, -0.05) is 19.9 Å². The van der Waals surface area contributed by atoms with E-state index in [-0.39, 0.29) is 60.5 Å². The molecule has 5 nitrogen and oxygen atoms in total. The number of rotatable bonds is 0. The first-order valence-electron chi connectivity index (χ1n) is 8.04. The van der Waals surface area contributed by atoms with Crippen molar-refractivity contribution >= 4 is 43.2 Å². The van der Waals surface area contributed by atoms with Gasteiger partial charge in [0.2, 0.25) is 0 Å². The lowest BCUT2D eigenvalue weighted by Crippen LogP contribution is -2.16. The van der Waals surface area contributed by atoms with Crippen LogP contribution in [-0.4, -0.2) is 26.4 Å². The van der Waals surface area contributed by atoms with Gasteiger partial charge in [-0.25, -0.2) is 8.78 Å². The highest BCUT2D eigenvalue weighted by atomic mass is 127. The van der Waals surface area contributed by atoms with Gasteiger partial charge in [-0.15, -0.1) is 24.0 Å². The number of hydrogen-bond acceptors (Lipinski definition) is 5. The number of para-hydroxylation sites is 1. The molecule has 2 aliphatic rings. The quantitative estimate of drug-likeness (QED) is 0.413. The molecule has 2 heterocycles. The van der Waals surface area contributed by atoms with E-state index < -0.39 is 5.82 Å². The molecule has 9 heteroatoms. The fraction of sp³-hybridized carbons (Fsp3) is 0.333. The third-order valence-corrected chi connectivity index (χ3v) is 3.20. The predicted molar refractivity (Wildman–Crippen MR) is 116 cm³/mol. The van der Waals surface area contributed by atoms with Gasteiger partial charge in [0.15, 0.2) is 34.6 Å². The summed E-state index contributed by atoms with van der Waals surface area (Å²) in [6, 6.07) is 7.71. The van der Waals surface area contributed by atoms with Crippen molar-refractivity contribution in [1.82, 2.24) is 0 Å². The van der Waals surface area contributed by atoms with Crippen LogP contribution in [0.1, 0.15) is 13.8 Å². The van der Waals surface area contributed by atoms with Crippen molar-refractivity contribution in [3.63, 3.8) is 0 Å². The molecule has 2 aliphatic heterocycles. The van der Waals surface area contributed by atoms with E-state index in [2.05, 4.69) is 0 Å². The van der Waals surface area contributed by atoms with E-state index in [1.54, 1.807) is 18.2 Å². The first-order chi connectivity index (χ1) is 12.2. The predicted octanol–water partition coefficient (Wildman–Crippen LogP) is 4.53. The minimum atomic E-state index is -0.535. The Morgan fingerprint density at radius 1 is 0.778 bits per heavy atom. The van der Waals surface area contributed by atoms with Crippen molar-refractivity contribution in [3.8, 4) is 23.0 Å². The number of hydrogen-bond donors (Lipinski definition) is 1. The standard InChI is InChI=1S/C8H8FNO2.C8H7FO2.C2H6.HI.H2S/c9-7-5(10)1-2-6-8(7)12-4-3-11-6;9-6-2-1-3-7-8(6)11-5-4-10-7;1-2;;/h1-2H,3-4,10H2;1-3H,4-5H2;1-2H3;1H;1H2. The van der Waals surface area contributed by atoms with Crippen LogP contribution in [0.15, 0.2) is 30.3 Å². The highest BCUT2D eigenvalue weighted by Crippen LogP contribution is 2.35. The molecule has 0 radical (unpaired) electrons. The van der Waals surface area contributed by atoms with Crippen LogP contribution in [0.25, 0.3) is 0 Å². The molecule has 0 atom stereocenters. The van der Waals surface area contributed by atoms with Gasteiger partial charge < -0.3 is 24.7 Å². The van der Waals surface area contributed by atoms with Crippen molar-refractivity contribution in [2.24, 2.45) is 0 Å². The van der Waals surface area contributed by atoms with E-state index >= 15 is 0 Å². The third kappa shape index (κ3) is 6.49. The number of benzene rings is 2. The summed E-state index contributed by atoms with van der Waals surface area (Å²) in [5.74, 6) is 0.388. The van der Waals surface area contributed by atoms with Crippen LogP contribution in [0, 0.1) is 11.6 Å². The van der Waals surface area contributed by atoms with Crippen molar-refractivity contribution in [2.45, 2.75) is 13.8 Å². The van der Waals surface area contributed by atoms with Crippen molar-refractivity contribution in [3.05, 3.63) is 42.0 Å². The maximum Gasteiger partial charge on any atom is 0.199 e. The molecule has 2 aromatic rings. The average molecular weight is 515 g/mol. The molecule has 0 unspecified atom stereocenters. The van der Waals surface area contributed by atoms with E-state index in [4.69, 9.17) is 24.7 Å². The second kappa shape index (κ2) is 12.7. The summed E-state index contributed by atoms with van der Waals surface area (Å²) in [6.07, 6.45) is 0. The second-order valence-electron chi connectivity index (χ2n) is 4.76. The minimum Gasteiger partial charge on any atom is -0.486 e. The van der Waals surface area contributed by atoms with E-state index in [9.17, 15) is 8.78 Å². The lowest BCUT2D eigenvalue weighted by atomic mass is 10.2. The summed E-state index contributed by atoms with van der Waals surface area (Å²) in [5.41, 5.74) is 5.42. The van der Waals surface area contributed by atoms with E-state index in [0.29, 0.717) is 37.9 Å². The Balaban J connectivity index is 0.000000431. The van der Waals surface area contributed by atoms with Crippen LogP contribution in [0.5, 0.6) is 23.0 Å². The lowest BCUT2D eigenvalue weighted by Gasteiger charge is -2.18. The summed E-state index contributed by atoms with van der Waals surface area (Å²) in [5, 5.41) is 0. The van der Waals surface area contributed by atoms with Crippen molar-refractivity contribution < 1.29 is 27.7 Å². The summed E-state index contributed by atoms with van der Waals surface area (Å²) >= 11 is 0. The zero-order valence-electron chi connectivity index (χ0n) is 15.1. The molecule has 0 spiro atoms.